The quantitative estimate of drug-likeness (QED) is 0.201. The zero-order valence-electron chi connectivity index (χ0n) is 27.1. The van der Waals surface area contributed by atoms with Crippen molar-refractivity contribution in [3.63, 3.8) is 0 Å². The highest BCUT2D eigenvalue weighted by molar-refractivity contribution is 6.52. The van der Waals surface area contributed by atoms with E-state index in [2.05, 4.69) is 141 Å². The molecule has 4 atom stereocenters. The lowest BCUT2D eigenvalue weighted by Crippen LogP contribution is -2.58. The number of hydrogen-bond donors (Lipinski definition) is 0. The number of imidazole rings is 1. The van der Waals surface area contributed by atoms with Crippen molar-refractivity contribution in [3.05, 3.63) is 71.0 Å². The van der Waals surface area contributed by atoms with E-state index in [1.165, 1.54) is 52.2 Å². The van der Waals surface area contributed by atoms with E-state index in [-0.39, 0.29) is 0 Å². The molecule has 3 heteroatoms. The molecular formula is C37H53BN2. The Morgan fingerprint density at radius 3 is 1.73 bits per heavy atom. The standard InChI is InChI=1S/C37H53BN2/c1-22(2)28-14-12-15-29(23(3)4)34(28)39-18-19-40(35-30(24(5)6)16-13-17-31(35)25(7)8)36(39)38-33-21-27-20-32(26(33)9)37(27,10)11/h12-19,22-27,32-33H,20-21H2,1-11H3/t26-,27+,32-,33-/m1/s1. The molecule has 1 aromatic heterocycles. The third kappa shape index (κ3) is 4.80. The van der Waals surface area contributed by atoms with Gasteiger partial charge in [0.1, 0.15) is 23.8 Å². The minimum absolute atomic E-state index is 0.452. The largest absolute Gasteiger partial charge is 0.242 e. The van der Waals surface area contributed by atoms with Gasteiger partial charge in [-0.2, -0.15) is 7.28 Å². The van der Waals surface area contributed by atoms with Crippen LogP contribution in [0.3, 0.4) is 0 Å². The lowest BCUT2D eigenvalue weighted by Gasteiger charge is -2.65. The van der Waals surface area contributed by atoms with Crippen molar-refractivity contribution in [1.82, 2.24) is 4.57 Å². The van der Waals surface area contributed by atoms with Gasteiger partial charge >= 0.3 is 0 Å². The summed E-state index contributed by atoms with van der Waals surface area (Å²) in [5.41, 5.74) is 10.3. The molecule has 0 unspecified atom stereocenters. The Morgan fingerprint density at radius 2 is 1.27 bits per heavy atom. The minimum atomic E-state index is 0.452. The maximum atomic E-state index is 2.68. The Balaban J connectivity index is 1.75. The summed E-state index contributed by atoms with van der Waals surface area (Å²) in [6, 6.07) is 13.9. The number of nitrogens with zero attached hydrogens (tertiary/aromatic N) is 2. The van der Waals surface area contributed by atoms with Crippen LogP contribution in [-0.2, 0) is 0 Å². The molecule has 2 nitrogen and oxygen atoms in total. The van der Waals surface area contributed by atoms with Crippen molar-refractivity contribution in [2.24, 2.45) is 23.2 Å². The molecule has 3 saturated carbocycles. The van der Waals surface area contributed by atoms with E-state index >= 15 is 0 Å². The fourth-order valence-corrected chi connectivity index (χ4v) is 8.12. The van der Waals surface area contributed by atoms with Crippen LogP contribution in [0.2, 0.25) is 5.82 Å². The van der Waals surface area contributed by atoms with E-state index in [1.807, 2.05) is 0 Å². The van der Waals surface area contributed by atoms with Crippen LogP contribution in [0.15, 0.2) is 48.8 Å². The molecule has 6 rings (SSSR count). The normalized spacial score (nSPS) is 23.9. The van der Waals surface area contributed by atoms with Gasteiger partial charge in [0, 0.05) is 28.0 Å². The van der Waals surface area contributed by atoms with Gasteiger partial charge in [-0.25, -0.2) is 15.0 Å². The Morgan fingerprint density at radius 1 is 0.775 bits per heavy atom. The topological polar surface area (TPSA) is 8.81 Å². The molecule has 3 aliphatic carbocycles. The number of para-hydroxylation sites is 2. The second-order valence-electron chi connectivity index (χ2n) is 14.9. The van der Waals surface area contributed by atoms with Crippen molar-refractivity contribution in [1.29, 1.82) is 0 Å². The highest BCUT2D eigenvalue weighted by Crippen LogP contribution is 2.64. The molecule has 3 fully saturated rings. The Bertz CT molecular complexity index is 1220. The van der Waals surface area contributed by atoms with E-state index in [9.17, 15) is 0 Å². The van der Waals surface area contributed by atoms with Crippen molar-refractivity contribution in [2.75, 3.05) is 0 Å². The summed E-state index contributed by atoms with van der Waals surface area (Å²) < 4.78 is 5.12. The summed E-state index contributed by atoms with van der Waals surface area (Å²) in [4.78, 5) is 0. The molecule has 0 N–H and O–H groups in total. The summed E-state index contributed by atoms with van der Waals surface area (Å²) in [5.74, 6) is 4.78. The van der Waals surface area contributed by atoms with Crippen LogP contribution in [0.1, 0.15) is 135 Å². The first-order valence-electron chi connectivity index (χ1n) is 16.1. The predicted molar refractivity (Wildman–Crippen MR) is 172 cm³/mol. The molecule has 1 heterocycles. The predicted octanol–water partition coefficient (Wildman–Crippen LogP) is 9.07. The second kappa shape index (κ2) is 10.8. The molecule has 40 heavy (non-hydrogen) atoms. The molecule has 0 aliphatic heterocycles. The third-order valence-electron chi connectivity index (χ3n) is 10.8. The van der Waals surface area contributed by atoms with Crippen LogP contribution in [0.25, 0.3) is 11.4 Å². The van der Waals surface area contributed by atoms with Crippen LogP contribution in [-0.4, -0.2) is 11.8 Å². The molecular weight excluding hydrogens is 483 g/mol. The van der Waals surface area contributed by atoms with Gasteiger partial charge in [0.25, 0.3) is 0 Å². The zero-order valence-corrected chi connectivity index (χ0v) is 27.1. The van der Waals surface area contributed by atoms with Gasteiger partial charge in [-0.15, -0.1) is 0 Å². The monoisotopic (exact) mass is 536 g/mol. The highest BCUT2D eigenvalue weighted by atomic mass is 15.2. The van der Waals surface area contributed by atoms with Gasteiger partial charge in [0.2, 0.25) is 0 Å². The smallest absolute Gasteiger partial charge is 0.135 e. The highest BCUT2D eigenvalue weighted by Gasteiger charge is 2.53. The van der Waals surface area contributed by atoms with Crippen LogP contribution in [0.5, 0.6) is 0 Å². The van der Waals surface area contributed by atoms with Crippen molar-refractivity contribution in [3.8, 4) is 11.4 Å². The van der Waals surface area contributed by atoms with Gasteiger partial charge in [0.05, 0.1) is 0 Å². The van der Waals surface area contributed by atoms with E-state index in [4.69, 9.17) is 0 Å². The Hall–Kier alpha value is -2.29. The summed E-state index contributed by atoms with van der Waals surface area (Å²) in [6.45, 7) is 26.3. The second-order valence-corrected chi connectivity index (χ2v) is 14.9. The van der Waals surface area contributed by atoms with E-state index in [0.717, 1.165) is 11.8 Å². The average Bonchev–Trinajstić information content (AvgIpc) is 3.30. The van der Waals surface area contributed by atoms with Gasteiger partial charge in [-0.05, 0) is 47.3 Å². The Kier molecular flexibility index (Phi) is 7.92. The molecule has 214 valence electrons. The first-order valence-corrected chi connectivity index (χ1v) is 16.1. The summed E-state index contributed by atoms with van der Waals surface area (Å²) >= 11 is 0. The fraction of sp³-hybridized carbons (Fsp3) is 0.595. The SMILES string of the molecule is CC(C)c1cccc(C(C)C)c1-n1cc[n+](-c2c(C(C)C)cccc2C(C)C)c1[B-][C@@H]1C[C@@H]2C[C@H]([C@H]1C)C2(C)C. The molecule has 3 aliphatic rings. The number of rotatable bonds is 8. The molecule has 0 spiro atoms. The number of aromatic nitrogens is 2. The molecule has 0 saturated heterocycles. The molecule has 2 radical (unpaired) electrons. The van der Waals surface area contributed by atoms with Gasteiger partial charge in [-0.3, -0.25) is 0 Å². The summed E-state index contributed by atoms with van der Waals surface area (Å²) in [7, 11) is 2.68. The van der Waals surface area contributed by atoms with Crippen LogP contribution < -0.4 is 10.3 Å². The molecule has 3 aromatic rings. The Labute approximate surface area is 245 Å². The fourth-order valence-electron chi connectivity index (χ4n) is 8.12. The maximum Gasteiger partial charge on any atom is 0.135 e. The van der Waals surface area contributed by atoms with Crippen LogP contribution >= 0.6 is 0 Å². The number of hydrogen-bond acceptors (Lipinski definition) is 0. The van der Waals surface area contributed by atoms with Crippen molar-refractivity contribution in [2.45, 2.75) is 118 Å². The summed E-state index contributed by atoms with van der Waals surface area (Å²) in [6.07, 6.45) is 7.44. The van der Waals surface area contributed by atoms with E-state index in [0.29, 0.717) is 40.8 Å². The van der Waals surface area contributed by atoms with E-state index < -0.39 is 0 Å². The van der Waals surface area contributed by atoms with Gasteiger partial charge in [0.15, 0.2) is 0 Å². The molecule has 2 aromatic carbocycles. The maximum absolute atomic E-state index is 2.68. The first-order chi connectivity index (χ1) is 18.8. The lowest BCUT2D eigenvalue weighted by atomic mass is 9.37. The average molecular weight is 537 g/mol. The van der Waals surface area contributed by atoms with Crippen LogP contribution in [0, 0.1) is 23.2 Å². The third-order valence-corrected chi connectivity index (χ3v) is 10.8. The van der Waals surface area contributed by atoms with Crippen molar-refractivity contribution >= 4 is 13.0 Å². The zero-order chi connectivity index (χ0) is 29.1. The molecule has 2 bridgehead atoms. The first kappa shape index (κ1) is 29.2. The summed E-state index contributed by atoms with van der Waals surface area (Å²) in [5, 5.41) is 0. The van der Waals surface area contributed by atoms with E-state index in [1.54, 1.807) is 0 Å². The van der Waals surface area contributed by atoms with Crippen molar-refractivity contribution < 1.29 is 4.57 Å². The van der Waals surface area contributed by atoms with Gasteiger partial charge in [-0.1, -0.05) is 125 Å². The lowest BCUT2D eigenvalue weighted by molar-refractivity contribution is -0.577. The van der Waals surface area contributed by atoms with Crippen LogP contribution in [0.4, 0.5) is 0 Å². The number of fused-ring (bicyclic) bond motifs is 2. The minimum Gasteiger partial charge on any atom is -0.242 e. The molecule has 0 amide bonds. The van der Waals surface area contributed by atoms with Gasteiger partial charge < -0.3 is 0 Å². The number of benzene rings is 2.